The van der Waals surface area contributed by atoms with Crippen molar-refractivity contribution in [2.24, 2.45) is 5.73 Å². The van der Waals surface area contributed by atoms with Crippen molar-refractivity contribution in [1.82, 2.24) is 9.55 Å². The first-order valence-corrected chi connectivity index (χ1v) is 5.63. The van der Waals surface area contributed by atoms with E-state index in [9.17, 15) is 0 Å². The molecular weight excluding hydrogens is 238 g/mol. The van der Waals surface area contributed by atoms with Gasteiger partial charge in [0.25, 0.3) is 0 Å². The summed E-state index contributed by atoms with van der Waals surface area (Å²) in [5, 5.41) is 0.644. The highest BCUT2D eigenvalue weighted by molar-refractivity contribution is 6.30. The van der Waals surface area contributed by atoms with Gasteiger partial charge in [0.2, 0.25) is 0 Å². The second-order valence-corrected chi connectivity index (χ2v) is 4.23. The number of hydrogen-bond donors (Lipinski definition) is 1. The lowest BCUT2D eigenvalue weighted by atomic mass is 10.2. The van der Waals surface area contributed by atoms with Crippen LogP contribution in [0.25, 0.3) is 5.69 Å². The summed E-state index contributed by atoms with van der Waals surface area (Å²) in [6.45, 7) is 1.91. The van der Waals surface area contributed by atoms with Crippen LogP contribution in [0.2, 0.25) is 5.02 Å². The third-order valence-electron chi connectivity index (χ3n) is 2.53. The first kappa shape index (κ1) is 12.0. The van der Waals surface area contributed by atoms with Gasteiger partial charge in [-0.1, -0.05) is 11.6 Å². The van der Waals surface area contributed by atoms with Crippen molar-refractivity contribution in [2.45, 2.75) is 13.0 Å². The summed E-state index contributed by atoms with van der Waals surface area (Å²) >= 11 is 6.00. The van der Waals surface area contributed by atoms with Gasteiger partial charge in [-0.15, -0.1) is 0 Å². The highest BCUT2D eigenvalue weighted by Crippen LogP contribution is 2.28. The lowest BCUT2D eigenvalue weighted by molar-refractivity contribution is 0.412. The molecule has 90 valence electrons. The number of benzene rings is 1. The molecule has 1 aromatic carbocycles. The van der Waals surface area contributed by atoms with Crippen molar-refractivity contribution < 1.29 is 4.74 Å². The number of hydrogen-bond acceptors (Lipinski definition) is 3. The van der Waals surface area contributed by atoms with E-state index in [1.807, 2.05) is 23.6 Å². The number of halogens is 1. The standard InChI is InChI=1S/C12H14ClN3O/c1-8(14)11-6-15-7-16(11)10-5-9(13)3-4-12(10)17-2/h3-8H,14H2,1-2H3. The normalized spacial score (nSPS) is 12.5. The number of rotatable bonds is 3. The van der Waals surface area contributed by atoms with Gasteiger partial charge in [-0.25, -0.2) is 4.98 Å². The van der Waals surface area contributed by atoms with Crippen LogP contribution in [0.3, 0.4) is 0 Å². The van der Waals surface area contributed by atoms with Gasteiger partial charge >= 0.3 is 0 Å². The van der Waals surface area contributed by atoms with E-state index in [0.717, 1.165) is 17.1 Å². The van der Waals surface area contributed by atoms with Gasteiger partial charge in [0, 0.05) is 11.1 Å². The molecule has 0 aliphatic rings. The predicted octanol–water partition coefficient (Wildman–Crippen LogP) is 2.55. The summed E-state index contributed by atoms with van der Waals surface area (Å²) in [6.07, 6.45) is 3.44. The molecule has 1 heterocycles. The molecule has 0 saturated carbocycles. The summed E-state index contributed by atoms with van der Waals surface area (Å²) in [6, 6.07) is 5.32. The molecule has 0 saturated heterocycles. The molecular formula is C12H14ClN3O. The van der Waals surface area contributed by atoms with E-state index in [1.54, 1.807) is 25.7 Å². The smallest absolute Gasteiger partial charge is 0.142 e. The van der Waals surface area contributed by atoms with Gasteiger partial charge in [0.15, 0.2) is 0 Å². The van der Waals surface area contributed by atoms with Crippen LogP contribution in [0.1, 0.15) is 18.7 Å². The Balaban J connectivity index is 2.59. The Bertz CT molecular complexity index is 522. The fourth-order valence-corrected chi connectivity index (χ4v) is 1.86. The van der Waals surface area contributed by atoms with Gasteiger partial charge in [-0.05, 0) is 25.1 Å². The molecule has 2 aromatic rings. The van der Waals surface area contributed by atoms with E-state index in [-0.39, 0.29) is 6.04 Å². The topological polar surface area (TPSA) is 53.1 Å². The molecule has 0 aliphatic carbocycles. The van der Waals surface area contributed by atoms with Crippen LogP contribution in [0.4, 0.5) is 0 Å². The Morgan fingerprint density at radius 1 is 1.47 bits per heavy atom. The number of imidazole rings is 1. The van der Waals surface area contributed by atoms with Crippen LogP contribution in [0.15, 0.2) is 30.7 Å². The van der Waals surface area contributed by atoms with Crippen LogP contribution in [0, 0.1) is 0 Å². The number of ether oxygens (including phenoxy) is 1. The quantitative estimate of drug-likeness (QED) is 0.912. The number of nitrogens with zero attached hydrogens (tertiary/aromatic N) is 2. The van der Waals surface area contributed by atoms with Gasteiger partial charge < -0.3 is 10.5 Å². The minimum absolute atomic E-state index is 0.110. The molecule has 0 bridgehead atoms. The minimum atomic E-state index is -0.110. The Hall–Kier alpha value is -1.52. The molecule has 1 unspecified atom stereocenters. The molecule has 0 amide bonds. The van der Waals surface area contributed by atoms with Crippen LogP contribution >= 0.6 is 11.6 Å². The second kappa shape index (κ2) is 4.77. The fraction of sp³-hybridized carbons (Fsp3) is 0.250. The van der Waals surface area contributed by atoms with Crippen LogP contribution in [-0.2, 0) is 0 Å². The van der Waals surface area contributed by atoms with Gasteiger partial charge in [0.1, 0.15) is 5.75 Å². The summed E-state index contributed by atoms with van der Waals surface area (Å²) < 4.78 is 7.20. The number of aromatic nitrogens is 2. The molecule has 0 spiro atoms. The maximum absolute atomic E-state index is 6.00. The lowest BCUT2D eigenvalue weighted by Crippen LogP contribution is -2.11. The highest BCUT2D eigenvalue weighted by Gasteiger charge is 2.12. The van der Waals surface area contributed by atoms with Gasteiger partial charge in [-0.3, -0.25) is 4.57 Å². The number of nitrogens with two attached hydrogens (primary N) is 1. The van der Waals surface area contributed by atoms with E-state index in [2.05, 4.69) is 4.98 Å². The van der Waals surface area contributed by atoms with Crippen molar-refractivity contribution in [3.05, 3.63) is 41.4 Å². The van der Waals surface area contributed by atoms with E-state index >= 15 is 0 Å². The Morgan fingerprint density at radius 3 is 2.88 bits per heavy atom. The lowest BCUT2D eigenvalue weighted by Gasteiger charge is -2.14. The van der Waals surface area contributed by atoms with Gasteiger partial charge in [0.05, 0.1) is 31.0 Å². The van der Waals surface area contributed by atoms with E-state index < -0.39 is 0 Å². The summed E-state index contributed by atoms with van der Waals surface area (Å²) in [5.74, 6) is 0.731. The third kappa shape index (κ3) is 2.28. The zero-order valence-electron chi connectivity index (χ0n) is 9.72. The van der Waals surface area contributed by atoms with Crippen LogP contribution < -0.4 is 10.5 Å². The molecule has 1 atom stereocenters. The van der Waals surface area contributed by atoms with Crippen molar-refractivity contribution in [3.8, 4) is 11.4 Å². The zero-order chi connectivity index (χ0) is 12.4. The Kier molecular flexibility index (Phi) is 3.36. The molecule has 2 rings (SSSR count). The first-order valence-electron chi connectivity index (χ1n) is 5.25. The SMILES string of the molecule is COc1ccc(Cl)cc1-n1cncc1C(C)N. The molecule has 0 fully saturated rings. The summed E-state index contributed by atoms with van der Waals surface area (Å²) in [7, 11) is 1.62. The van der Waals surface area contributed by atoms with E-state index in [4.69, 9.17) is 22.1 Å². The van der Waals surface area contributed by atoms with Gasteiger partial charge in [-0.2, -0.15) is 0 Å². The van der Waals surface area contributed by atoms with E-state index in [0.29, 0.717) is 5.02 Å². The van der Waals surface area contributed by atoms with Crippen LogP contribution in [0.5, 0.6) is 5.75 Å². The largest absolute Gasteiger partial charge is 0.495 e. The molecule has 0 aliphatic heterocycles. The van der Waals surface area contributed by atoms with Crippen molar-refractivity contribution in [2.75, 3.05) is 7.11 Å². The monoisotopic (exact) mass is 251 g/mol. The zero-order valence-corrected chi connectivity index (χ0v) is 10.5. The van der Waals surface area contributed by atoms with Crippen molar-refractivity contribution in [1.29, 1.82) is 0 Å². The maximum atomic E-state index is 6.00. The average molecular weight is 252 g/mol. The molecule has 17 heavy (non-hydrogen) atoms. The summed E-state index contributed by atoms with van der Waals surface area (Å²) in [4.78, 5) is 4.11. The first-order chi connectivity index (χ1) is 8.13. The number of methoxy groups -OCH3 is 1. The molecule has 0 radical (unpaired) electrons. The maximum Gasteiger partial charge on any atom is 0.142 e. The molecule has 5 heteroatoms. The predicted molar refractivity (Wildman–Crippen MR) is 67.7 cm³/mol. The van der Waals surface area contributed by atoms with Crippen molar-refractivity contribution >= 4 is 11.6 Å². The molecule has 2 N–H and O–H groups in total. The second-order valence-electron chi connectivity index (χ2n) is 3.79. The minimum Gasteiger partial charge on any atom is -0.495 e. The van der Waals surface area contributed by atoms with Crippen molar-refractivity contribution in [3.63, 3.8) is 0 Å². The third-order valence-corrected chi connectivity index (χ3v) is 2.77. The average Bonchev–Trinajstić information content (AvgIpc) is 2.77. The Labute approximate surface area is 105 Å². The van der Waals surface area contributed by atoms with Crippen LogP contribution in [-0.4, -0.2) is 16.7 Å². The van der Waals surface area contributed by atoms with E-state index in [1.165, 1.54) is 0 Å². The highest BCUT2D eigenvalue weighted by atomic mass is 35.5. The summed E-state index contributed by atoms with van der Waals surface area (Å²) in [5.41, 5.74) is 7.64. The Morgan fingerprint density at radius 2 is 2.24 bits per heavy atom. The molecule has 4 nitrogen and oxygen atoms in total. The molecule has 1 aromatic heterocycles. The fourth-order valence-electron chi connectivity index (χ4n) is 1.69.